The second-order valence-electron chi connectivity index (χ2n) is 3.37. The topological polar surface area (TPSA) is 12.0 Å². The van der Waals surface area contributed by atoms with E-state index in [0.717, 1.165) is 0 Å². The third-order valence-electron chi connectivity index (χ3n) is 1.79. The van der Waals surface area contributed by atoms with Crippen molar-refractivity contribution >= 4 is 17.3 Å². The maximum Gasteiger partial charge on any atom is 0.391 e. The van der Waals surface area contributed by atoms with E-state index in [0.29, 0.717) is 10.7 Å². The molecule has 5 heteroatoms. The summed E-state index contributed by atoms with van der Waals surface area (Å²) in [6.07, 6.45) is -4.99. The Balaban J connectivity index is 2.51. The van der Waals surface area contributed by atoms with Crippen LogP contribution < -0.4 is 5.32 Å². The Morgan fingerprint density at radius 2 is 1.80 bits per heavy atom. The van der Waals surface area contributed by atoms with Crippen LogP contribution in [-0.2, 0) is 0 Å². The van der Waals surface area contributed by atoms with Gasteiger partial charge in [-0.25, -0.2) is 0 Å². The largest absolute Gasteiger partial charge is 0.391 e. The number of rotatable bonds is 3. The third kappa shape index (κ3) is 4.93. The van der Waals surface area contributed by atoms with Gasteiger partial charge in [0.1, 0.15) is 0 Å². The van der Waals surface area contributed by atoms with Crippen LogP contribution in [0.1, 0.15) is 13.3 Å². The molecule has 0 fully saturated rings. The van der Waals surface area contributed by atoms with Crippen LogP contribution in [0.4, 0.5) is 18.9 Å². The lowest BCUT2D eigenvalue weighted by Gasteiger charge is -2.16. The van der Waals surface area contributed by atoms with Gasteiger partial charge in [0.15, 0.2) is 0 Å². The lowest BCUT2D eigenvalue weighted by Crippen LogP contribution is -2.23. The monoisotopic (exact) mass is 237 g/mol. The highest BCUT2D eigenvalue weighted by Crippen LogP contribution is 2.23. The maximum absolute atomic E-state index is 12.0. The molecule has 0 saturated heterocycles. The zero-order valence-corrected chi connectivity index (χ0v) is 8.86. The first-order chi connectivity index (χ1) is 6.87. The quantitative estimate of drug-likeness (QED) is 0.835. The molecule has 1 aromatic rings. The first-order valence-electron chi connectivity index (χ1n) is 4.46. The van der Waals surface area contributed by atoms with E-state index >= 15 is 0 Å². The number of benzene rings is 1. The van der Waals surface area contributed by atoms with Crippen LogP contribution in [0.25, 0.3) is 0 Å². The molecule has 84 valence electrons. The van der Waals surface area contributed by atoms with Crippen molar-refractivity contribution in [3.05, 3.63) is 29.3 Å². The Bertz CT molecular complexity index is 307. The number of anilines is 1. The molecule has 0 aromatic heterocycles. The molecule has 0 aliphatic rings. The molecular formula is C10H11ClF3N. The highest BCUT2D eigenvalue weighted by atomic mass is 35.5. The molecule has 1 nitrogen and oxygen atoms in total. The van der Waals surface area contributed by atoms with E-state index in [1.807, 2.05) is 0 Å². The highest BCUT2D eigenvalue weighted by Gasteiger charge is 2.29. The first kappa shape index (κ1) is 12.2. The number of hydrogen-bond acceptors (Lipinski definition) is 1. The SMILES string of the molecule is CC(CC(F)(F)F)Nc1ccc(Cl)cc1. The molecule has 0 bridgehead atoms. The van der Waals surface area contributed by atoms with Crippen LogP contribution in [0, 0.1) is 0 Å². The molecule has 0 radical (unpaired) electrons. The van der Waals surface area contributed by atoms with E-state index in [4.69, 9.17) is 11.6 Å². The van der Waals surface area contributed by atoms with E-state index < -0.39 is 18.6 Å². The number of halogens is 4. The number of hydrogen-bond donors (Lipinski definition) is 1. The molecule has 0 saturated carbocycles. The van der Waals surface area contributed by atoms with Gasteiger partial charge in [-0.05, 0) is 31.2 Å². The van der Waals surface area contributed by atoms with Crippen LogP contribution in [0.2, 0.25) is 5.02 Å². The fourth-order valence-electron chi connectivity index (χ4n) is 1.23. The summed E-state index contributed by atoms with van der Waals surface area (Å²) in [5.41, 5.74) is 0.635. The molecule has 1 N–H and O–H groups in total. The van der Waals surface area contributed by atoms with Crippen molar-refractivity contribution in [2.24, 2.45) is 0 Å². The Hall–Kier alpha value is -0.900. The Morgan fingerprint density at radius 1 is 1.27 bits per heavy atom. The molecule has 0 amide bonds. The third-order valence-corrected chi connectivity index (χ3v) is 2.05. The van der Waals surface area contributed by atoms with Gasteiger partial charge >= 0.3 is 6.18 Å². The average Bonchev–Trinajstić information content (AvgIpc) is 2.05. The molecule has 1 unspecified atom stereocenters. The minimum absolute atomic E-state index is 0.559. The van der Waals surface area contributed by atoms with Gasteiger partial charge in [0.25, 0.3) is 0 Å². The smallest absolute Gasteiger partial charge is 0.382 e. The lowest BCUT2D eigenvalue weighted by atomic mass is 10.2. The molecule has 0 spiro atoms. The molecule has 1 aromatic carbocycles. The number of nitrogens with one attached hydrogen (secondary N) is 1. The van der Waals surface area contributed by atoms with E-state index in [1.165, 1.54) is 6.92 Å². The van der Waals surface area contributed by atoms with E-state index in [2.05, 4.69) is 5.32 Å². The summed E-state index contributed by atoms with van der Waals surface area (Å²) < 4.78 is 36.0. The van der Waals surface area contributed by atoms with Crippen molar-refractivity contribution in [3.8, 4) is 0 Å². The van der Waals surface area contributed by atoms with E-state index in [1.54, 1.807) is 24.3 Å². The molecule has 15 heavy (non-hydrogen) atoms. The van der Waals surface area contributed by atoms with Gasteiger partial charge in [0.05, 0.1) is 6.42 Å². The summed E-state index contributed by atoms with van der Waals surface area (Å²) >= 11 is 5.65. The Morgan fingerprint density at radius 3 is 2.27 bits per heavy atom. The molecule has 1 atom stereocenters. The lowest BCUT2D eigenvalue weighted by molar-refractivity contribution is -0.136. The summed E-state index contributed by atoms with van der Waals surface area (Å²) in [5.74, 6) is 0. The Kier molecular flexibility index (Phi) is 3.85. The normalized spacial score (nSPS) is 13.7. The van der Waals surface area contributed by atoms with Crippen LogP contribution in [-0.4, -0.2) is 12.2 Å². The van der Waals surface area contributed by atoms with Crippen molar-refractivity contribution in [1.29, 1.82) is 0 Å². The average molecular weight is 238 g/mol. The molecular weight excluding hydrogens is 227 g/mol. The van der Waals surface area contributed by atoms with Crippen LogP contribution in [0.5, 0.6) is 0 Å². The predicted molar refractivity (Wildman–Crippen MR) is 55.2 cm³/mol. The van der Waals surface area contributed by atoms with Gasteiger partial charge < -0.3 is 5.32 Å². The standard InChI is InChI=1S/C10H11ClF3N/c1-7(6-10(12,13)14)15-9-4-2-8(11)3-5-9/h2-5,7,15H,6H2,1H3. The van der Waals surface area contributed by atoms with E-state index in [9.17, 15) is 13.2 Å². The first-order valence-corrected chi connectivity index (χ1v) is 4.83. The van der Waals surface area contributed by atoms with E-state index in [-0.39, 0.29) is 0 Å². The van der Waals surface area contributed by atoms with Gasteiger partial charge in [0.2, 0.25) is 0 Å². The minimum Gasteiger partial charge on any atom is -0.382 e. The molecule has 0 aliphatic heterocycles. The van der Waals surface area contributed by atoms with Crippen LogP contribution >= 0.6 is 11.6 Å². The van der Waals surface area contributed by atoms with Crippen molar-refractivity contribution in [2.75, 3.05) is 5.32 Å². The van der Waals surface area contributed by atoms with Gasteiger partial charge in [-0.15, -0.1) is 0 Å². The van der Waals surface area contributed by atoms with Crippen molar-refractivity contribution in [1.82, 2.24) is 0 Å². The summed E-state index contributed by atoms with van der Waals surface area (Å²) in [7, 11) is 0. The fraction of sp³-hybridized carbons (Fsp3) is 0.400. The summed E-state index contributed by atoms with van der Waals surface area (Å²) in [4.78, 5) is 0. The molecule has 0 heterocycles. The van der Waals surface area contributed by atoms with Gasteiger partial charge in [0, 0.05) is 16.8 Å². The van der Waals surface area contributed by atoms with Crippen molar-refractivity contribution in [3.63, 3.8) is 0 Å². The zero-order chi connectivity index (χ0) is 11.5. The summed E-state index contributed by atoms with van der Waals surface area (Å²) in [6.45, 7) is 1.49. The van der Waals surface area contributed by atoms with Crippen molar-refractivity contribution in [2.45, 2.75) is 25.6 Å². The molecule has 1 rings (SSSR count). The summed E-state index contributed by atoms with van der Waals surface area (Å²) in [6, 6.07) is 5.91. The predicted octanol–water partition coefficient (Wildman–Crippen LogP) is 4.09. The number of alkyl halides is 3. The van der Waals surface area contributed by atoms with Gasteiger partial charge in [-0.2, -0.15) is 13.2 Å². The second kappa shape index (κ2) is 4.75. The van der Waals surface area contributed by atoms with Gasteiger partial charge in [-0.1, -0.05) is 11.6 Å². The fourth-order valence-corrected chi connectivity index (χ4v) is 1.35. The van der Waals surface area contributed by atoms with Crippen LogP contribution in [0.3, 0.4) is 0 Å². The van der Waals surface area contributed by atoms with Crippen LogP contribution in [0.15, 0.2) is 24.3 Å². The molecule has 0 aliphatic carbocycles. The zero-order valence-electron chi connectivity index (χ0n) is 8.11. The highest BCUT2D eigenvalue weighted by molar-refractivity contribution is 6.30. The van der Waals surface area contributed by atoms with Gasteiger partial charge in [-0.3, -0.25) is 0 Å². The summed E-state index contributed by atoms with van der Waals surface area (Å²) in [5, 5.41) is 3.31. The minimum atomic E-state index is -4.14. The second-order valence-corrected chi connectivity index (χ2v) is 3.81. The Labute approximate surface area is 91.2 Å². The maximum atomic E-state index is 12.0. The van der Waals surface area contributed by atoms with Crippen molar-refractivity contribution < 1.29 is 13.2 Å².